The molecule has 0 aromatic heterocycles. The molecular formula is C5H12O2P+. The monoisotopic (exact) mass is 135 g/mol. The van der Waals surface area contributed by atoms with Gasteiger partial charge in [-0.25, -0.2) is 0 Å². The summed E-state index contributed by atoms with van der Waals surface area (Å²) in [6.07, 6.45) is 0.688. The molecule has 0 spiro atoms. The molecule has 1 N–H and O–H groups in total. The molecule has 0 aromatic carbocycles. The summed E-state index contributed by atoms with van der Waals surface area (Å²) in [5, 5.41) is 0. The molecule has 1 atom stereocenters. The summed E-state index contributed by atoms with van der Waals surface area (Å²) in [5.74, 6) is 0.174. The third kappa shape index (κ3) is 4.07. The van der Waals surface area contributed by atoms with Gasteiger partial charge in [0.1, 0.15) is 6.16 Å². The number of rotatable bonds is 3. The van der Waals surface area contributed by atoms with Crippen molar-refractivity contribution in [3.8, 4) is 0 Å². The van der Waals surface area contributed by atoms with Crippen LogP contribution in [0, 0.1) is 0 Å². The zero-order valence-corrected chi connectivity index (χ0v) is 6.27. The molecule has 0 aromatic rings. The van der Waals surface area contributed by atoms with E-state index in [-0.39, 0.29) is 5.97 Å². The molecule has 8 heavy (non-hydrogen) atoms. The highest BCUT2D eigenvalue weighted by atomic mass is 31.1. The third-order valence-electron chi connectivity index (χ3n) is 0.639. The molecule has 0 aliphatic rings. The Bertz CT molecular complexity index is 64.8. The first-order chi connectivity index (χ1) is 3.81. The first kappa shape index (κ1) is 7.90. The largest absolute Gasteiger partial charge is 0.486 e. The molecule has 3 heteroatoms. The van der Waals surface area contributed by atoms with Crippen LogP contribution in [0.5, 0.6) is 0 Å². The van der Waals surface area contributed by atoms with Gasteiger partial charge in [0, 0.05) is 0 Å². The highest BCUT2D eigenvalue weighted by molar-refractivity contribution is 7.38. The van der Waals surface area contributed by atoms with Crippen LogP contribution in [-0.4, -0.2) is 30.2 Å². The minimum atomic E-state index is 0.174. The molecule has 48 valence electrons. The van der Waals surface area contributed by atoms with Crippen molar-refractivity contribution in [2.75, 3.05) is 19.4 Å². The van der Waals surface area contributed by atoms with E-state index in [9.17, 15) is 0 Å². The van der Waals surface area contributed by atoms with Crippen LogP contribution < -0.4 is 0 Å². The molecule has 0 aliphatic heterocycles. The quantitative estimate of drug-likeness (QED) is 0.320. The summed E-state index contributed by atoms with van der Waals surface area (Å²) in [4.78, 5) is 8.75. The summed E-state index contributed by atoms with van der Waals surface area (Å²) >= 11 is 0. The van der Waals surface area contributed by atoms with Gasteiger partial charge in [0.15, 0.2) is 6.61 Å². The van der Waals surface area contributed by atoms with Crippen molar-refractivity contribution in [1.82, 2.24) is 0 Å². The molecule has 0 radical (unpaired) electrons. The second-order valence-corrected chi connectivity index (χ2v) is 2.42. The van der Waals surface area contributed by atoms with Crippen molar-refractivity contribution in [3.05, 3.63) is 0 Å². The molecule has 1 unspecified atom stereocenters. The van der Waals surface area contributed by atoms with E-state index in [4.69, 9.17) is 9.53 Å². The molecular weight excluding hydrogens is 123 g/mol. The minimum Gasteiger partial charge on any atom is -0.339 e. The summed E-state index contributed by atoms with van der Waals surface area (Å²) in [7, 11) is 0.736. The zero-order valence-electron chi connectivity index (χ0n) is 5.27. The smallest absolute Gasteiger partial charge is 0.339 e. The van der Waals surface area contributed by atoms with E-state index in [1.807, 2.05) is 13.6 Å². The fourth-order valence-corrected chi connectivity index (χ4v) is 0.773. The fourth-order valence-electron chi connectivity index (χ4n) is 0.369. The Morgan fingerprint density at radius 1 is 1.75 bits per heavy atom. The average Bonchev–Trinajstić information content (AvgIpc) is 1.68. The van der Waals surface area contributed by atoms with Crippen LogP contribution >= 0.6 is 8.58 Å². The Labute approximate surface area is 51.4 Å². The van der Waals surface area contributed by atoms with Crippen LogP contribution in [0.1, 0.15) is 6.92 Å². The predicted molar refractivity (Wildman–Crippen MR) is 37.7 cm³/mol. The first-order valence-electron chi connectivity index (χ1n) is 2.63. The van der Waals surface area contributed by atoms with Crippen molar-refractivity contribution in [2.45, 2.75) is 6.92 Å². The van der Waals surface area contributed by atoms with Crippen LogP contribution in [0.2, 0.25) is 0 Å². The van der Waals surface area contributed by atoms with Gasteiger partial charge in [-0.15, -0.1) is 8.58 Å². The Morgan fingerprint density at radius 3 is 2.75 bits per heavy atom. The van der Waals surface area contributed by atoms with Gasteiger partial charge in [0.05, 0.1) is 0 Å². The van der Waals surface area contributed by atoms with E-state index < -0.39 is 0 Å². The maximum absolute atomic E-state index is 8.75. The van der Waals surface area contributed by atoms with Crippen molar-refractivity contribution < 1.29 is 9.53 Å². The number of hydrogen-bond donors (Lipinski definition) is 0. The minimum absolute atomic E-state index is 0.174. The molecule has 0 saturated carbocycles. The molecule has 0 amide bonds. The lowest BCUT2D eigenvalue weighted by molar-refractivity contribution is 0.290. The Morgan fingerprint density at radius 2 is 2.38 bits per heavy atom. The van der Waals surface area contributed by atoms with E-state index in [1.165, 1.54) is 0 Å². The number of carbonyl (C=O) groups excluding carboxylic acids is 1. The van der Waals surface area contributed by atoms with Crippen molar-refractivity contribution in [3.63, 3.8) is 0 Å². The van der Waals surface area contributed by atoms with Crippen molar-refractivity contribution in [1.29, 1.82) is 0 Å². The van der Waals surface area contributed by atoms with E-state index in [2.05, 4.69) is 0 Å². The summed E-state index contributed by atoms with van der Waals surface area (Å²) in [6.45, 7) is 4.44. The molecule has 0 heterocycles. The molecule has 0 rings (SSSR count). The molecule has 0 saturated heterocycles. The lowest BCUT2D eigenvalue weighted by Crippen LogP contribution is -2.05. The maximum Gasteiger partial charge on any atom is 0.486 e. The molecule has 0 fully saturated rings. The summed E-state index contributed by atoms with van der Waals surface area (Å²) in [6, 6.07) is 0. The second-order valence-electron chi connectivity index (χ2n) is 1.36. The van der Waals surface area contributed by atoms with Crippen LogP contribution in [0.4, 0.5) is 0 Å². The van der Waals surface area contributed by atoms with Gasteiger partial charge in [-0.3, -0.25) is 0 Å². The molecule has 0 bridgehead atoms. The molecule has 2 nitrogen and oxygen atoms in total. The van der Waals surface area contributed by atoms with Gasteiger partial charge in [-0.1, -0.05) is 0 Å². The van der Waals surface area contributed by atoms with Gasteiger partial charge < -0.3 is 9.53 Å². The number of ether oxygens (including phenoxy) is 1. The van der Waals surface area contributed by atoms with Crippen molar-refractivity contribution >= 4 is 14.6 Å². The topological polar surface area (TPSA) is 30.6 Å². The predicted octanol–water partition coefficient (Wildman–Crippen LogP) is 0.834. The average molecular weight is 135 g/mol. The fraction of sp³-hybridized carbons (Fsp3) is 0.800. The van der Waals surface area contributed by atoms with Crippen molar-refractivity contribution in [2.24, 2.45) is 0 Å². The lowest BCUT2D eigenvalue weighted by Gasteiger charge is -1.86. The Kier molecular flexibility index (Phi) is 4.98. The van der Waals surface area contributed by atoms with Gasteiger partial charge in [0.25, 0.3) is 0 Å². The third-order valence-corrected chi connectivity index (χ3v) is 1.29. The zero-order chi connectivity index (χ0) is 6.41. The maximum atomic E-state index is 8.75. The lowest BCUT2D eigenvalue weighted by atomic mass is 10.8. The first-order valence-corrected chi connectivity index (χ1v) is 4.34. The Hall–Kier alpha value is -0.100. The second kappa shape index (κ2) is 5.04. The van der Waals surface area contributed by atoms with E-state index in [0.717, 1.165) is 8.58 Å². The number of hydrogen-bond acceptors (Lipinski definition) is 1. The van der Waals surface area contributed by atoms with Gasteiger partial charge in [0.2, 0.25) is 0 Å². The Balaban J connectivity index is 3.06. The summed E-state index contributed by atoms with van der Waals surface area (Å²) < 4.78 is 4.76. The van der Waals surface area contributed by atoms with Crippen LogP contribution in [0.3, 0.4) is 0 Å². The van der Waals surface area contributed by atoms with E-state index >= 15 is 0 Å². The normalized spacial score (nSPS) is 10.2. The van der Waals surface area contributed by atoms with Gasteiger partial charge in [-0.05, 0) is 13.6 Å². The molecule has 0 aliphatic carbocycles. The van der Waals surface area contributed by atoms with Gasteiger partial charge >= 0.3 is 5.97 Å². The standard InChI is InChI=1S/C5H11O2P/c1-3-7-5(6)4-8-2/h8H,3-4H2,1-2H3/p+1. The number of esters is 1. The summed E-state index contributed by atoms with van der Waals surface area (Å²) in [5.41, 5.74) is 0. The highest BCUT2D eigenvalue weighted by Gasteiger charge is 2.05. The van der Waals surface area contributed by atoms with E-state index in [0.29, 0.717) is 12.8 Å². The highest BCUT2D eigenvalue weighted by Crippen LogP contribution is 2.00. The van der Waals surface area contributed by atoms with E-state index in [1.54, 1.807) is 0 Å². The van der Waals surface area contributed by atoms with Crippen LogP contribution in [-0.2, 0) is 4.74 Å². The van der Waals surface area contributed by atoms with Crippen LogP contribution in [0.15, 0.2) is 0 Å². The van der Waals surface area contributed by atoms with Crippen LogP contribution in [0.25, 0.3) is 0 Å². The van der Waals surface area contributed by atoms with Gasteiger partial charge in [-0.2, -0.15) is 0 Å². The SMILES string of the molecule is CCOC(=[OH+])CPC.